The summed E-state index contributed by atoms with van der Waals surface area (Å²) >= 11 is 0. The number of hydrogen-bond acceptors (Lipinski definition) is 6. The molecule has 7 heteroatoms. The van der Waals surface area contributed by atoms with Gasteiger partial charge in [0.1, 0.15) is 24.4 Å². The Bertz CT molecular complexity index is 409. The van der Waals surface area contributed by atoms with E-state index in [4.69, 9.17) is 14.6 Å². The standard InChI is InChI=1S/C22H46O6Si/c1-4-5-6-7-8-9-10-11-12-13-15-29(2,3)16-14-27-21-20(25)19(24)18(17-23)28-22(21)26/h18-26H,4-17H2,1-3H3/t18-,19-,20+,21-,22-/m1/s1. The second-order valence-electron chi connectivity index (χ2n) is 9.41. The van der Waals surface area contributed by atoms with Crippen molar-refractivity contribution in [2.75, 3.05) is 13.2 Å². The fourth-order valence-corrected chi connectivity index (χ4v) is 6.07. The van der Waals surface area contributed by atoms with E-state index >= 15 is 0 Å². The summed E-state index contributed by atoms with van der Waals surface area (Å²) in [6.45, 7) is 6.94. The van der Waals surface area contributed by atoms with Gasteiger partial charge in [-0.1, -0.05) is 90.3 Å². The van der Waals surface area contributed by atoms with Crippen LogP contribution in [0, 0.1) is 0 Å². The zero-order valence-electron chi connectivity index (χ0n) is 18.9. The molecule has 6 nitrogen and oxygen atoms in total. The maximum Gasteiger partial charge on any atom is 0.184 e. The second kappa shape index (κ2) is 14.9. The van der Waals surface area contributed by atoms with Crippen LogP contribution >= 0.6 is 0 Å². The smallest absolute Gasteiger partial charge is 0.184 e. The van der Waals surface area contributed by atoms with Crippen LogP contribution in [0.2, 0.25) is 25.2 Å². The van der Waals surface area contributed by atoms with E-state index in [9.17, 15) is 15.3 Å². The van der Waals surface area contributed by atoms with Gasteiger partial charge in [-0.3, -0.25) is 0 Å². The van der Waals surface area contributed by atoms with Crippen LogP contribution in [0.4, 0.5) is 0 Å². The summed E-state index contributed by atoms with van der Waals surface area (Å²) in [5, 5.41) is 39.1. The number of unbranched alkanes of at least 4 members (excludes halogenated alkanes) is 9. The van der Waals surface area contributed by atoms with E-state index < -0.39 is 45.4 Å². The van der Waals surface area contributed by atoms with Crippen LogP contribution in [0.5, 0.6) is 0 Å². The van der Waals surface area contributed by atoms with Crippen LogP contribution in [0.1, 0.15) is 71.1 Å². The highest BCUT2D eigenvalue weighted by atomic mass is 28.3. The first-order valence-corrected chi connectivity index (χ1v) is 15.2. The van der Waals surface area contributed by atoms with Crippen molar-refractivity contribution in [2.45, 2.75) is 127 Å². The van der Waals surface area contributed by atoms with E-state index in [0.29, 0.717) is 6.61 Å². The van der Waals surface area contributed by atoms with E-state index in [1.54, 1.807) is 0 Å². The van der Waals surface area contributed by atoms with E-state index in [1.807, 2.05) is 0 Å². The zero-order chi connectivity index (χ0) is 21.7. The SMILES string of the molecule is CCCCCCCCCCCC[Si](C)(C)CCO[C@@H]1[C@@H](O)[C@H](O)[C@@H](CO)O[C@H]1O. The largest absolute Gasteiger partial charge is 0.394 e. The second-order valence-corrected chi connectivity index (χ2v) is 14.7. The van der Waals surface area contributed by atoms with Gasteiger partial charge in [-0.15, -0.1) is 0 Å². The fourth-order valence-electron chi connectivity index (χ4n) is 3.94. The Kier molecular flexibility index (Phi) is 13.9. The number of hydrogen-bond donors (Lipinski definition) is 4. The van der Waals surface area contributed by atoms with Gasteiger partial charge < -0.3 is 29.9 Å². The quantitative estimate of drug-likeness (QED) is 0.219. The normalized spacial score (nSPS) is 28.0. The molecule has 0 aliphatic carbocycles. The van der Waals surface area contributed by atoms with Gasteiger partial charge in [0.2, 0.25) is 0 Å². The summed E-state index contributed by atoms with van der Waals surface area (Å²) in [7, 11) is -1.39. The summed E-state index contributed by atoms with van der Waals surface area (Å²) in [5.41, 5.74) is 0. The summed E-state index contributed by atoms with van der Waals surface area (Å²) in [5.74, 6) is 0. The molecule has 0 unspecified atom stereocenters. The summed E-state index contributed by atoms with van der Waals surface area (Å²) in [6.07, 6.45) is 7.65. The van der Waals surface area contributed by atoms with Crippen LogP contribution in [0.3, 0.4) is 0 Å². The summed E-state index contributed by atoms with van der Waals surface area (Å²) in [4.78, 5) is 0. The van der Waals surface area contributed by atoms with Crippen molar-refractivity contribution < 1.29 is 29.9 Å². The number of aliphatic hydroxyl groups is 4. The molecule has 1 rings (SSSR count). The van der Waals surface area contributed by atoms with Crippen molar-refractivity contribution in [3.8, 4) is 0 Å². The molecule has 0 amide bonds. The van der Waals surface area contributed by atoms with E-state index in [-0.39, 0.29) is 0 Å². The summed E-state index contributed by atoms with van der Waals surface area (Å²) < 4.78 is 10.8. The third-order valence-electron chi connectivity index (χ3n) is 6.14. The lowest BCUT2D eigenvalue weighted by atomic mass is 9.99. The molecule has 0 aromatic heterocycles. The molecule has 5 atom stereocenters. The topological polar surface area (TPSA) is 99.4 Å². The molecule has 29 heavy (non-hydrogen) atoms. The van der Waals surface area contributed by atoms with Gasteiger partial charge in [-0.25, -0.2) is 0 Å². The molecule has 0 spiro atoms. The molecule has 0 aromatic rings. The first-order valence-electron chi connectivity index (χ1n) is 11.7. The third-order valence-corrected chi connectivity index (χ3v) is 9.40. The minimum atomic E-state index is -1.39. The molecule has 1 saturated heterocycles. The van der Waals surface area contributed by atoms with E-state index in [2.05, 4.69) is 20.0 Å². The van der Waals surface area contributed by atoms with Crippen molar-refractivity contribution >= 4 is 8.07 Å². The van der Waals surface area contributed by atoms with Gasteiger partial charge in [-0.2, -0.15) is 0 Å². The zero-order valence-corrected chi connectivity index (χ0v) is 19.9. The predicted molar refractivity (Wildman–Crippen MR) is 119 cm³/mol. The molecule has 4 N–H and O–H groups in total. The predicted octanol–water partition coefficient (Wildman–Crippen LogP) is 3.43. The maximum absolute atomic E-state index is 10.1. The molecule has 174 valence electrons. The lowest BCUT2D eigenvalue weighted by Crippen LogP contribution is -2.59. The van der Waals surface area contributed by atoms with E-state index in [0.717, 1.165) is 6.04 Å². The number of rotatable bonds is 16. The van der Waals surface area contributed by atoms with Crippen LogP contribution in [0.15, 0.2) is 0 Å². The van der Waals surface area contributed by atoms with Gasteiger partial charge in [-0.05, 0) is 6.04 Å². The number of ether oxygens (including phenoxy) is 2. The Morgan fingerprint density at radius 3 is 1.90 bits per heavy atom. The Hall–Kier alpha value is -0.0231. The molecule has 1 aliphatic rings. The Morgan fingerprint density at radius 2 is 1.34 bits per heavy atom. The van der Waals surface area contributed by atoms with Gasteiger partial charge in [0.05, 0.1) is 6.61 Å². The summed E-state index contributed by atoms with van der Waals surface area (Å²) in [6, 6.07) is 2.20. The molecular formula is C22H46O6Si. The minimum Gasteiger partial charge on any atom is -0.394 e. The van der Waals surface area contributed by atoms with E-state index in [1.165, 1.54) is 70.3 Å². The Morgan fingerprint density at radius 1 is 0.793 bits per heavy atom. The maximum atomic E-state index is 10.1. The highest BCUT2D eigenvalue weighted by Gasteiger charge is 2.44. The lowest BCUT2D eigenvalue weighted by molar-refractivity contribution is -0.295. The van der Waals surface area contributed by atoms with Crippen LogP contribution in [-0.2, 0) is 9.47 Å². The molecule has 0 radical (unpaired) electrons. The van der Waals surface area contributed by atoms with Crippen molar-refractivity contribution in [1.29, 1.82) is 0 Å². The molecular weight excluding hydrogens is 388 g/mol. The molecule has 1 aliphatic heterocycles. The first kappa shape index (κ1) is 27.0. The van der Waals surface area contributed by atoms with Gasteiger partial charge in [0.15, 0.2) is 6.29 Å². The van der Waals surface area contributed by atoms with Gasteiger partial charge >= 0.3 is 0 Å². The van der Waals surface area contributed by atoms with Gasteiger partial charge in [0, 0.05) is 14.7 Å². The third kappa shape index (κ3) is 10.7. The van der Waals surface area contributed by atoms with Crippen LogP contribution in [0.25, 0.3) is 0 Å². The van der Waals surface area contributed by atoms with Gasteiger partial charge in [0.25, 0.3) is 0 Å². The molecule has 1 heterocycles. The molecule has 0 bridgehead atoms. The van der Waals surface area contributed by atoms with Crippen LogP contribution in [-0.4, -0.2) is 72.4 Å². The monoisotopic (exact) mass is 434 g/mol. The first-order chi connectivity index (χ1) is 13.8. The number of aliphatic hydroxyl groups excluding tert-OH is 4. The lowest BCUT2D eigenvalue weighted by Gasteiger charge is -2.40. The highest BCUT2D eigenvalue weighted by Crippen LogP contribution is 2.25. The highest BCUT2D eigenvalue weighted by molar-refractivity contribution is 6.77. The van der Waals surface area contributed by atoms with Crippen molar-refractivity contribution in [3.05, 3.63) is 0 Å². The van der Waals surface area contributed by atoms with Crippen molar-refractivity contribution in [3.63, 3.8) is 0 Å². The fraction of sp³-hybridized carbons (Fsp3) is 1.00. The molecule has 0 aromatic carbocycles. The van der Waals surface area contributed by atoms with Crippen LogP contribution < -0.4 is 0 Å². The molecule has 0 saturated carbocycles. The van der Waals surface area contributed by atoms with Crippen molar-refractivity contribution in [1.82, 2.24) is 0 Å². The molecule has 1 fully saturated rings. The Labute approximate surface area is 178 Å². The average Bonchev–Trinajstić information content (AvgIpc) is 2.68. The Balaban J connectivity index is 2.13. The average molecular weight is 435 g/mol. The van der Waals surface area contributed by atoms with Crippen molar-refractivity contribution in [2.24, 2.45) is 0 Å². The minimum absolute atomic E-state index is 0.440.